The molecule has 2 rings (SSSR count). The van der Waals surface area contributed by atoms with E-state index >= 15 is 0 Å². The molecule has 4 amide bonds. The quantitative estimate of drug-likeness (QED) is 0.455. The molecule has 31 heavy (non-hydrogen) atoms. The average Bonchev–Trinajstić information content (AvgIpc) is 3.20. The normalized spacial score (nSPS) is 13.0. The van der Waals surface area contributed by atoms with Crippen LogP contribution in [0.15, 0.2) is 42.9 Å². The molecule has 0 unspecified atom stereocenters. The van der Waals surface area contributed by atoms with Crippen LogP contribution in [0.3, 0.4) is 0 Å². The second kappa shape index (κ2) is 11.1. The Bertz CT molecular complexity index is 843. The number of hydrogen-bond acceptors (Lipinski definition) is 4. The zero-order valence-corrected chi connectivity index (χ0v) is 18.5. The lowest BCUT2D eigenvalue weighted by atomic mass is 10.0. The van der Waals surface area contributed by atoms with Crippen molar-refractivity contribution in [3.8, 4) is 0 Å². The van der Waals surface area contributed by atoms with Crippen LogP contribution >= 0.6 is 0 Å². The first kappa shape index (κ1) is 23.9. The van der Waals surface area contributed by atoms with E-state index in [4.69, 9.17) is 5.73 Å². The van der Waals surface area contributed by atoms with Gasteiger partial charge in [0.25, 0.3) is 0 Å². The number of H-pyrrole nitrogens is 1. The summed E-state index contributed by atoms with van der Waals surface area (Å²) >= 11 is 0. The molecule has 0 spiro atoms. The van der Waals surface area contributed by atoms with Gasteiger partial charge in [-0.25, -0.2) is 9.78 Å². The second-order valence-electron chi connectivity index (χ2n) is 8.03. The summed E-state index contributed by atoms with van der Waals surface area (Å²) in [5, 5.41) is 5.52. The molecule has 1 heterocycles. The number of imidazole rings is 1. The number of nitrogens with zero attached hydrogens (tertiary/aromatic N) is 2. The summed E-state index contributed by atoms with van der Waals surface area (Å²) in [7, 11) is 0. The summed E-state index contributed by atoms with van der Waals surface area (Å²) in [6.45, 7) is 7.66. The van der Waals surface area contributed by atoms with Crippen molar-refractivity contribution in [1.82, 2.24) is 25.5 Å². The lowest BCUT2D eigenvalue weighted by Gasteiger charge is -2.32. The first-order valence-corrected chi connectivity index (χ1v) is 10.4. The van der Waals surface area contributed by atoms with Gasteiger partial charge in [-0.15, -0.1) is 0 Å². The summed E-state index contributed by atoms with van der Waals surface area (Å²) in [5.74, 6) is -1.15. The number of primary amides is 1. The number of urea groups is 1. The molecule has 9 nitrogen and oxygen atoms in total. The van der Waals surface area contributed by atoms with E-state index in [-0.39, 0.29) is 31.0 Å². The highest BCUT2D eigenvalue weighted by atomic mass is 16.2. The van der Waals surface area contributed by atoms with Crippen LogP contribution in [0.5, 0.6) is 0 Å². The Labute approximate surface area is 182 Å². The monoisotopic (exact) mass is 428 g/mol. The van der Waals surface area contributed by atoms with Gasteiger partial charge in [-0.1, -0.05) is 30.3 Å². The molecule has 9 heteroatoms. The molecule has 0 bridgehead atoms. The maximum atomic E-state index is 13.1. The second-order valence-corrected chi connectivity index (χ2v) is 8.03. The van der Waals surface area contributed by atoms with Crippen LogP contribution < -0.4 is 16.4 Å². The molecule has 0 aliphatic carbocycles. The zero-order chi connectivity index (χ0) is 23.0. The predicted molar refractivity (Wildman–Crippen MR) is 118 cm³/mol. The van der Waals surface area contributed by atoms with E-state index in [0.29, 0.717) is 5.69 Å². The van der Waals surface area contributed by atoms with Crippen molar-refractivity contribution in [3.63, 3.8) is 0 Å². The topological polar surface area (TPSA) is 133 Å². The Morgan fingerprint density at radius 3 is 2.16 bits per heavy atom. The van der Waals surface area contributed by atoms with Crippen molar-refractivity contribution in [3.05, 3.63) is 54.1 Å². The Morgan fingerprint density at radius 2 is 1.65 bits per heavy atom. The Kier molecular flexibility index (Phi) is 8.60. The van der Waals surface area contributed by atoms with Gasteiger partial charge < -0.3 is 26.3 Å². The number of amides is 4. The minimum atomic E-state index is -0.936. The van der Waals surface area contributed by atoms with E-state index in [1.165, 1.54) is 6.33 Å². The van der Waals surface area contributed by atoms with Gasteiger partial charge in [0.1, 0.15) is 12.1 Å². The highest BCUT2D eigenvalue weighted by Gasteiger charge is 2.29. The molecule has 0 saturated carbocycles. The van der Waals surface area contributed by atoms with Gasteiger partial charge in [0.15, 0.2) is 0 Å². The van der Waals surface area contributed by atoms with Gasteiger partial charge in [0, 0.05) is 36.8 Å². The van der Waals surface area contributed by atoms with Gasteiger partial charge in [0.05, 0.1) is 6.33 Å². The maximum Gasteiger partial charge on any atom is 0.318 e. The van der Waals surface area contributed by atoms with Crippen molar-refractivity contribution in [2.24, 2.45) is 5.73 Å². The smallest absolute Gasteiger partial charge is 0.318 e. The van der Waals surface area contributed by atoms with Crippen LogP contribution in [0.4, 0.5) is 4.79 Å². The molecule has 2 atom stereocenters. The number of rotatable bonds is 10. The van der Waals surface area contributed by atoms with Gasteiger partial charge in [-0.2, -0.15) is 0 Å². The van der Waals surface area contributed by atoms with Crippen LogP contribution in [0.1, 0.15) is 39.0 Å². The first-order valence-electron chi connectivity index (χ1n) is 10.4. The number of hydrogen-bond donors (Lipinski definition) is 4. The van der Waals surface area contributed by atoms with Crippen molar-refractivity contribution in [2.75, 3.05) is 0 Å². The van der Waals surface area contributed by atoms with Gasteiger partial charge in [0.2, 0.25) is 11.8 Å². The van der Waals surface area contributed by atoms with E-state index in [9.17, 15) is 14.4 Å². The fraction of sp³-hybridized carbons (Fsp3) is 0.455. The Balaban J connectivity index is 2.20. The molecular weight excluding hydrogens is 396 g/mol. The number of benzene rings is 1. The molecular formula is C22H32N6O3. The lowest BCUT2D eigenvalue weighted by Crippen LogP contribution is -2.57. The Morgan fingerprint density at radius 1 is 1.00 bits per heavy atom. The minimum absolute atomic E-state index is 0.0424. The van der Waals surface area contributed by atoms with E-state index in [1.807, 2.05) is 58.0 Å². The van der Waals surface area contributed by atoms with Gasteiger partial charge in [-0.05, 0) is 33.3 Å². The minimum Gasteiger partial charge on any atom is -0.368 e. The zero-order valence-electron chi connectivity index (χ0n) is 18.5. The molecule has 0 radical (unpaired) electrons. The highest BCUT2D eigenvalue weighted by molar-refractivity contribution is 5.91. The van der Waals surface area contributed by atoms with Gasteiger partial charge >= 0.3 is 6.03 Å². The molecule has 168 valence electrons. The van der Waals surface area contributed by atoms with Gasteiger partial charge in [-0.3, -0.25) is 9.59 Å². The standard InChI is InChI=1S/C22H32N6O3/c1-14(2)28(15(3)4)22(31)27-19(10-16-8-6-5-7-9-16)21(30)26-18(20(23)29)11-17-12-24-13-25-17/h5-9,12-15,18-19H,10-11H2,1-4H3,(H2,23,29)(H,24,25)(H,26,30)(H,27,31)/t18-,19-/m0/s1. The van der Waals surface area contributed by atoms with E-state index in [0.717, 1.165) is 5.56 Å². The number of nitrogens with two attached hydrogens (primary N) is 1. The molecule has 2 aromatic rings. The highest BCUT2D eigenvalue weighted by Crippen LogP contribution is 2.09. The van der Waals surface area contributed by atoms with E-state index in [1.54, 1.807) is 11.1 Å². The first-order chi connectivity index (χ1) is 14.7. The summed E-state index contributed by atoms with van der Waals surface area (Å²) in [4.78, 5) is 46.4. The Hall–Kier alpha value is -3.36. The summed E-state index contributed by atoms with van der Waals surface area (Å²) < 4.78 is 0. The van der Waals surface area contributed by atoms with Crippen molar-refractivity contribution >= 4 is 17.8 Å². The molecule has 0 aliphatic heterocycles. The maximum absolute atomic E-state index is 13.1. The third kappa shape index (κ3) is 7.13. The summed E-state index contributed by atoms with van der Waals surface area (Å²) in [5.41, 5.74) is 7.05. The summed E-state index contributed by atoms with van der Waals surface area (Å²) in [6, 6.07) is 7.13. The molecule has 0 fully saturated rings. The number of aromatic amines is 1. The fourth-order valence-corrected chi connectivity index (χ4v) is 3.46. The van der Waals surface area contributed by atoms with Crippen LogP contribution in [0.25, 0.3) is 0 Å². The van der Waals surface area contributed by atoms with Crippen LogP contribution in [0, 0.1) is 0 Å². The van der Waals surface area contributed by atoms with E-state index in [2.05, 4.69) is 20.6 Å². The molecule has 0 saturated heterocycles. The van der Waals surface area contributed by atoms with Crippen LogP contribution in [0.2, 0.25) is 0 Å². The van der Waals surface area contributed by atoms with E-state index < -0.39 is 23.9 Å². The van der Waals surface area contributed by atoms with Crippen molar-refractivity contribution in [1.29, 1.82) is 0 Å². The van der Waals surface area contributed by atoms with Crippen molar-refractivity contribution < 1.29 is 14.4 Å². The third-order valence-corrected chi connectivity index (χ3v) is 4.88. The van der Waals surface area contributed by atoms with Crippen LogP contribution in [-0.4, -0.2) is 56.9 Å². The largest absolute Gasteiger partial charge is 0.368 e. The summed E-state index contributed by atoms with van der Waals surface area (Å²) in [6.07, 6.45) is 3.50. The van der Waals surface area contributed by atoms with Crippen LogP contribution in [-0.2, 0) is 22.4 Å². The lowest BCUT2D eigenvalue weighted by molar-refractivity contribution is -0.128. The number of nitrogens with one attached hydrogen (secondary N) is 3. The third-order valence-electron chi connectivity index (χ3n) is 4.88. The SMILES string of the molecule is CC(C)N(C(=O)N[C@@H](Cc1ccccc1)C(=O)N[C@@H](Cc1cnc[nH]1)C(N)=O)C(C)C. The number of carbonyl (C=O) groups excluding carboxylic acids is 3. The number of carbonyl (C=O) groups is 3. The fourth-order valence-electron chi connectivity index (χ4n) is 3.46. The van der Waals surface area contributed by atoms with Crippen molar-refractivity contribution in [2.45, 2.75) is 64.7 Å². The predicted octanol–water partition coefficient (Wildman–Crippen LogP) is 1.36. The molecule has 1 aromatic carbocycles. The molecule has 1 aromatic heterocycles. The average molecular weight is 429 g/mol. The molecule has 5 N–H and O–H groups in total. The molecule has 0 aliphatic rings. The number of aromatic nitrogens is 2.